The zero-order valence-corrected chi connectivity index (χ0v) is 48.2. The van der Waals surface area contributed by atoms with Crippen molar-refractivity contribution in [3.05, 3.63) is 0 Å². The lowest BCUT2D eigenvalue weighted by Crippen LogP contribution is -2.06. The molecule has 0 aliphatic carbocycles. The Hall–Kier alpha value is -0.570. The van der Waals surface area contributed by atoms with Crippen LogP contribution in [-0.4, -0.2) is 23.8 Å². The minimum atomic E-state index is -0.0803. The summed E-state index contributed by atoms with van der Waals surface area (Å²) in [5.74, 6) is 0.00978. The highest BCUT2D eigenvalue weighted by Crippen LogP contribution is 2.20. The average molecular weight is 974 g/mol. The molecule has 69 heavy (non-hydrogen) atoms. The average Bonchev–Trinajstić information content (AvgIpc) is 3.35. The van der Waals surface area contributed by atoms with Crippen molar-refractivity contribution in [2.24, 2.45) is 0 Å². The van der Waals surface area contributed by atoms with Gasteiger partial charge in [0.25, 0.3) is 0 Å². The van der Waals surface area contributed by atoms with Gasteiger partial charge in [0.2, 0.25) is 0 Å². The normalized spacial score (nSPS) is 12.1. The molecule has 3 nitrogen and oxygen atoms in total. The third-order valence-corrected chi connectivity index (χ3v) is 15.8. The molecule has 0 aliphatic rings. The van der Waals surface area contributed by atoms with E-state index in [2.05, 4.69) is 13.8 Å². The van der Waals surface area contributed by atoms with Gasteiger partial charge in [0.15, 0.2) is 0 Å². The van der Waals surface area contributed by atoms with Crippen molar-refractivity contribution >= 4 is 5.97 Å². The van der Waals surface area contributed by atoms with Crippen molar-refractivity contribution in [2.75, 3.05) is 6.61 Å². The predicted octanol–water partition coefficient (Wildman–Crippen LogP) is 23.7. The molecule has 0 spiro atoms. The van der Waals surface area contributed by atoms with E-state index in [1.807, 2.05) is 0 Å². The van der Waals surface area contributed by atoms with Crippen LogP contribution in [0.1, 0.15) is 406 Å². The summed E-state index contributed by atoms with van der Waals surface area (Å²) in [4.78, 5) is 12.1. The van der Waals surface area contributed by atoms with Crippen LogP contribution < -0.4 is 0 Å². The third-order valence-electron chi connectivity index (χ3n) is 15.8. The molecule has 0 aromatic rings. The predicted molar refractivity (Wildman–Crippen MR) is 310 cm³/mol. The standard InChI is InChI=1S/C66H132O3/c1-3-5-7-9-10-11-12-13-14-15-16-17-18-19-20-21-22-23-24-25-26-27-28-29-30-31-32-33-34-35-36-37-38-39-40-41-42-43-44-45-46-47-50-53-56-60-64-69-66(68)63-59-55-52-49-48-51-54-58-62-65(67)61-57-8-6-4-2/h65,67H,3-64H2,1-2H3. The first-order valence-corrected chi connectivity index (χ1v) is 33.0. The highest BCUT2D eigenvalue weighted by atomic mass is 16.5. The Morgan fingerprint density at radius 2 is 0.435 bits per heavy atom. The Morgan fingerprint density at radius 3 is 0.667 bits per heavy atom. The minimum Gasteiger partial charge on any atom is -0.466 e. The first-order chi connectivity index (χ1) is 34.2. The van der Waals surface area contributed by atoms with Gasteiger partial charge in [-0.2, -0.15) is 0 Å². The fourth-order valence-corrected chi connectivity index (χ4v) is 10.9. The van der Waals surface area contributed by atoms with E-state index >= 15 is 0 Å². The summed E-state index contributed by atoms with van der Waals surface area (Å²) in [5.41, 5.74) is 0. The second-order valence-corrected chi connectivity index (χ2v) is 23.0. The van der Waals surface area contributed by atoms with Crippen molar-refractivity contribution < 1.29 is 14.6 Å². The number of unbranched alkanes of at least 4 members (excludes halogenated alkanes) is 55. The molecule has 1 unspecified atom stereocenters. The Labute approximate surface area is 437 Å². The Morgan fingerprint density at radius 1 is 0.261 bits per heavy atom. The quantitative estimate of drug-likeness (QED) is 0.0488. The molecule has 1 N–H and O–H groups in total. The Bertz CT molecular complexity index is 902. The SMILES string of the molecule is CCCCCCCCCCCCCCCCCCCCCCCCCCCCCCCCCCCCCCCCCCCCCCCCOC(=O)CCCCCCCCCCC(O)CCCCCC. The highest BCUT2D eigenvalue weighted by molar-refractivity contribution is 5.69. The van der Waals surface area contributed by atoms with Gasteiger partial charge in [0.1, 0.15) is 0 Å². The van der Waals surface area contributed by atoms with Crippen LogP contribution in [0.2, 0.25) is 0 Å². The zero-order valence-electron chi connectivity index (χ0n) is 48.2. The first kappa shape index (κ1) is 68.4. The van der Waals surface area contributed by atoms with E-state index in [4.69, 9.17) is 4.74 Å². The van der Waals surface area contributed by atoms with Crippen LogP contribution in [0.3, 0.4) is 0 Å². The third kappa shape index (κ3) is 63.5. The van der Waals surface area contributed by atoms with Crippen LogP contribution in [-0.2, 0) is 9.53 Å². The van der Waals surface area contributed by atoms with Crippen LogP contribution in [0.15, 0.2) is 0 Å². The molecule has 0 bridgehead atoms. The molecule has 0 aromatic heterocycles. The smallest absolute Gasteiger partial charge is 0.305 e. The van der Waals surface area contributed by atoms with Crippen LogP contribution in [0.4, 0.5) is 0 Å². The number of aliphatic hydroxyl groups excluding tert-OH is 1. The van der Waals surface area contributed by atoms with Gasteiger partial charge >= 0.3 is 5.97 Å². The highest BCUT2D eigenvalue weighted by Gasteiger charge is 2.05. The van der Waals surface area contributed by atoms with Crippen LogP contribution in [0.25, 0.3) is 0 Å². The van der Waals surface area contributed by atoms with Crippen molar-refractivity contribution in [2.45, 2.75) is 412 Å². The second-order valence-electron chi connectivity index (χ2n) is 23.0. The Kier molecular flexibility index (Phi) is 63.0. The van der Waals surface area contributed by atoms with Gasteiger partial charge in [-0.15, -0.1) is 0 Å². The number of carbonyl (C=O) groups excluding carboxylic acids is 1. The van der Waals surface area contributed by atoms with Crippen molar-refractivity contribution in [3.63, 3.8) is 0 Å². The van der Waals surface area contributed by atoms with Crippen molar-refractivity contribution in [1.82, 2.24) is 0 Å². The van der Waals surface area contributed by atoms with Gasteiger partial charge in [-0.25, -0.2) is 0 Å². The molecule has 0 saturated heterocycles. The summed E-state index contributed by atoms with van der Waals surface area (Å²) in [6, 6.07) is 0. The van der Waals surface area contributed by atoms with Crippen LogP contribution in [0, 0.1) is 0 Å². The van der Waals surface area contributed by atoms with E-state index in [9.17, 15) is 9.90 Å². The lowest BCUT2D eigenvalue weighted by atomic mass is 10.0. The largest absolute Gasteiger partial charge is 0.466 e. The molecule has 0 heterocycles. The maximum atomic E-state index is 12.1. The van der Waals surface area contributed by atoms with Crippen molar-refractivity contribution in [1.29, 1.82) is 0 Å². The lowest BCUT2D eigenvalue weighted by molar-refractivity contribution is -0.143. The molecule has 0 aromatic carbocycles. The van der Waals surface area contributed by atoms with Crippen molar-refractivity contribution in [3.8, 4) is 0 Å². The maximum Gasteiger partial charge on any atom is 0.305 e. The summed E-state index contributed by atoms with van der Waals surface area (Å²) >= 11 is 0. The molecular weight excluding hydrogens is 841 g/mol. The summed E-state index contributed by atoms with van der Waals surface area (Å²) in [6.07, 6.45) is 83.7. The van der Waals surface area contributed by atoms with Gasteiger partial charge in [-0.05, 0) is 25.7 Å². The maximum absolute atomic E-state index is 12.1. The molecular formula is C66H132O3. The van der Waals surface area contributed by atoms with E-state index < -0.39 is 0 Å². The van der Waals surface area contributed by atoms with E-state index in [0.717, 1.165) is 32.1 Å². The van der Waals surface area contributed by atoms with Gasteiger partial charge in [-0.3, -0.25) is 4.79 Å². The van der Waals surface area contributed by atoms with Gasteiger partial charge < -0.3 is 9.84 Å². The van der Waals surface area contributed by atoms with Gasteiger partial charge in [0, 0.05) is 6.42 Å². The second kappa shape index (κ2) is 63.5. The summed E-state index contributed by atoms with van der Waals surface area (Å²) in [5, 5.41) is 10.1. The number of carbonyl (C=O) groups is 1. The van der Waals surface area contributed by atoms with E-state index in [0.29, 0.717) is 13.0 Å². The minimum absolute atomic E-state index is 0.00978. The topological polar surface area (TPSA) is 46.5 Å². The molecule has 0 saturated carbocycles. The molecule has 1 atom stereocenters. The summed E-state index contributed by atoms with van der Waals surface area (Å²) in [7, 11) is 0. The lowest BCUT2D eigenvalue weighted by Gasteiger charge is -2.10. The van der Waals surface area contributed by atoms with Gasteiger partial charge in [-0.1, -0.05) is 373 Å². The molecule has 414 valence electrons. The fraction of sp³-hybridized carbons (Fsp3) is 0.985. The van der Waals surface area contributed by atoms with E-state index in [1.165, 1.54) is 353 Å². The number of rotatable bonds is 63. The summed E-state index contributed by atoms with van der Waals surface area (Å²) < 4.78 is 5.49. The number of hydrogen-bond donors (Lipinski definition) is 1. The van der Waals surface area contributed by atoms with Crippen LogP contribution >= 0.6 is 0 Å². The molecule has 3 heteroatoms. The monoisotopic (exact) mass is 973 g/mol. The van der Waals surface area contributed by atoms with Gasteiger partial charge in [0.05, 0.1) is 12.7 Å². The number of esters is 1. The first-order valence-electron chi connectivity index (χ1n) is 33.0. The van der Waals surface area contributed by atoms with E-state index in [-0.39, 0.29) is 12.1 Å². The molecule has 0 fully saturated rings. The molecule has 0 radical (unpaired) electrons. The van der Waals surface area contributed by atoms with E-state index in [1.54, 1.807) is 0 Å². The van der Waals surface area contributed by atoms with Crippen LogP contribution in [0.5, 0.6) is 0 Å². The summed E-state index contributed by atoms with van der Waals surface area (Å²) in [6.45, 7) is 5.16. The zero-order chi connectivity index (χ0) is 49.7. The molecule has 0 amide bonds. The number of aliphatic hydroxyl groups is 1. The Balaban J connectivity index is 3.14. The molecule has 0 aliphatic heterocycles. The molecule has 0 rings (SSSR count). The number of hydrogen-bond acceptors (Lipinski definition) is 3. The number of ether oxygens (including phenoxy) is 1. The fourth-order valence-electron chi connectivity index (χ4n) is 10.9.